The number of hydrogen-bond acceptors (Lipinski definition) is 6. The van der Waals surface area contributed by atoms with E-state index < -0.39 is 0 Å². The number of rotatable bonds is 8. The van der Waals surface area contributed by atoms with Gasteiger partial charge in [0.1, 0.15) is 12.4 Å². The molecule has 2 aromatic heterocycles. The number of aromatic nitrogens is 2. The topological polar surface area (TPSA) is 76.5 Å². The van der Waals surface area contributed by atoms with Gasteiger partial charge in [-0.2, -0.15) is 5.10 Å². The molecule has 0 saturated heterocycles. The number of hydrogen-bond donors (Lipinski definition) is 1. The largest absolute Gasteiger partial charge is 0.383 e. The number of fused-ring (bicyclic) bond motifs is 1. The van der Waals surface area contributed by atoms with Crippen molar-refractivity contribution in [2.75, 3.05) is 37.5 Å². The Morgan fingerprint density at radius 3 is 2.66 bits per heavy atom. The molecule has 5 rings (SSSR count). The molecule has 38 heavy (non-hydrogen) atoms. The van der Waals surface area contributed by atoms with Crippen LogP contribution < -0.4 is 10.2 Å². The molecule has 1 N–H and O–H groups in total. The first kappa shape index (κ1) is 26.2. The van der Waals surface area contributed by atoms with Crippen LogP contribution in [0.15, 0.2) is 66.0 Å². The molecule has 1 aliphatic rings. The molecule has 0 spiro atoms. The van der Waals surface area contributed by atoms with E-state index >= 15 is 0 Å². The number of ether oxygens (including phenoxy) is 1. The summed E-state index contributed by atoms with van der Waals surface area (Å²) in [6.45, 7) is 4.78. The van der Waals surface area contributed by atoms with Crippen LogP contribution >= 0.6 is 23.1 Å². The highest BCUT2D eigenvalue weighted by atomic mass is 32.2. The van der Waals surface area contributed by atoms with Crippen LogP contribution in [-0.2, 0) is 14.3 Å². The number of thioether (sulfide) groups is 1. The van der Waals surface area contributed by atoms with Crippen molar-refractivity contribution in [2.45, 2.75) is 19.1 Å². The number of amides is 2. The van der Waals surface area contributed by atoms with Crippen LogP contribution in [0.4, 0.5) is 5.82 Å². The molecular weight excluding hydrogens is 516 g/mol. The summed E-state index contributed by atoms with van der Waals surface area (Å²) in [5.74, 6) is 0.536. The molecule has 0 radical (unpaired) electrons. The Bertz CT molecular complexity index is 1430. The van der Waals surface area contributed by atoms with Gasteiger partial charge in [-0.15, -0.1) is 23.1 Å². The van der Waals surface area contributed by atoms with E-state index in [2.05, 4.69) is 29.8 Å². The molecule has 4 aromatic rings. The van der Waals surface area contributed by atoms with Gasteiger partial charge in [0, 0.05) is 29.7 Å². The molecule has 0 aliphatic carbocycles. The molecule has 2 aromatic carbocycles. The second-order valence-corrected chi connectivity index (χ2v) is 11.3. The number of benzene rings is 2. The van der Waals surface area contributed by atoms with Crippen molar-refractivity contribution in [3.8, 4) is 16.9 Å². The van der Waals surface area contributed by atoms with Crippen molar-refractivity contribution < 1.29 is 14.3 Å². The lowest BCUT2D eigenvalue weighted by atomic mass is 10.0. The van der Waals surface area contributed by atoms with Crippen molar-refractivity contribution >= 4 is 40.7 Å². The Morgan fingerprint density at radius 1 is 1.13 bits per heavy atom. The van der Waals surface area contributed by atoms with Gasteiger partial charge in [0.25, 0.3) is 0 Å². The lowest BCUT2D eigenvalue weighted by Crippen LogP contribution is -2.43. The van der Waals surface area contributed by atoms with Crippen LogP contribution in [0.2, 0.25) is 0 Å². The Balaban J connectivity index is 1.75. The summed E-state index contributed by atoms with van der Waals surface area (Å²) in [6, 6.07) is 20.4. The monoisotopic (exact) mass is 546 g/mol. The molecule has 0 bridgehead atoms. The van der Waals surface area contributed by atoms with E-state index in [1.165, 1.54) is 0 Å². The number of nitrogens with one attached hydrogen (secondary N) is 1. The molecule has 1 atom stereocenters. The molecule has 3 heterocycles. The maximum atomic E-state index is 13.7. The minimum Gasteiger partial charge on any atom is -0.383 e. The van der Waals surface area contributed by atoms with Crippen LogP contribution in [0, 0.1) is 13.8 Å². The zero-order valence-electron chi connectivity index (χ0n) is 21.6. The van der Waals surface area contributed by atoms with Gasteiger partial charge in [-0.25, -0.2) is 4.68 Å². The van der Waals surface area contributed by atoms with Crippen LogP contribution in [0.3, 0.4) is 0 Å². The van der Waals surface area contributed by atoms with Gasteiger partial charge in [0.15, 0.2) is 0 Å². The van der Waals surface area contributed by atoms with Crippen LogP contribution in [0.5, 0.6) is 0 Å². The Labute approximate surface area is 230 Å². The first-order valence-electron chi connectivity index (χ1n) is 12.4. The van der Waals surface area contributed by atoms with Crippen molar-refractivity contribution in [1.29, 1.82) is 0 Å². The smallest absolute Gasteiger partial charge is 0.240 e. The van der Waals surface area contributed by atoms with Crippen LogP contribution in [-0.4, -0.2) is 54.2 Å². The normalized spacial score (nSPS) is 15.3. The number of anilines is 1. The molecule has 196 valence electrons. The maximum Gasteiger partial charge on any atom is 0.240 e. The quantitative estimate of drug-likeness (QED) is 0.310. The third-order valence-corrected chi connectivity index (χ3v) is 8.77. The summed E-state index contributed by atoms with van der Waals surface area (Å²) < 4.78 is 6.94. The Hall–Kier alpha value is -3.40. The summed E-state index contributed by atoms with van der Waals surface area (Å²) in [7, 11) is 1.59. The van der Waals surface area contributed by atoms with Crippen LogP contribution in [0.25, 0.3) is 16.9 Å². The molecule has 9 heteroatoms. The lowest BCUT2D eigenvalue weighted by Gasteiger charge is -2.23. The molecule has 0 unspecified atom stereocenters. The van der Waals surface area contributed by atoms with Crippen molar-refractivity contribution in [3.05, 3.63) is 87.6 Å². The first-order chi connectivity index (χ1) is 18.5. The third-order valence-electron chi connectivity index (χ3n) is 6.45. The molecule has 1 aliphatic heterocycles. The molecule has 0 fully saturated rings. The Morgan fingerprint density at radius 2 is 1.95 bits per heavy atom. The van der Waals surface area contributed by atoms with E-state index in [4.69, 9.17) is 9.84 Å². The number of methoxy groups -OCH3 is 1. The maximum absolute atomic E-state index is 13.7. The zero-order chi connectivity index (χ0) is 26.6. The van der Waals surface area contributed by atoms with E-state index in [0.717, 1.165) is 38.5 Å². The zero-order valence-corrected chi connectivity index (χ0v) is 23.3. The van der Waals surface area contributed by atoms with Gasteiger partial charge in [0.05, 0.1) is 29.0 Å². The van der Waals surface area contributed by atoms with E-state index in [9.17, 15) is 9.59 Å². The fourth-order valence-electron chi connectivity index (χ4n) is 4.70. The van der Waals surface area contributed by atoms with Gasteiger partial charge < -0.3 is 10.1 Å². The van der Waals surface area contributed by atoms with Gasteiger partial charge in [-0.05, 0) is 36.9 Å². The highest BCUT2D eigenvalue weighted by Gasteiger charge is 2.38. The van der Waals surface area contributed by atoms with Gasteiger partial charge >= 0.3 is 0 Å². The summed E-state index contributed by atoms with van der Waals surface area (Å²) in [4.78, 5) is 29.4. The van der Waals surface area contributed by atoms with Crippen molar-refractivity contribution in [2.24, 2.45) is 0 Å². The molecule has 7 nitrogen and oxygen atoms in total. The fraction of sp³-hybridized carbons (Fsp3) is 0.276. The Kier molecular flexibility index (Phi) is 7.97. The summed E-state index contributed by atoms with van der Waals surface area (Å²) >= 11 is 3.25. The minimum absolute atomic E-state index is 0.0991. The minimum atomic E-state index is -0.240. The first-order valence-corrected chi connectivity index (χ1v) is 14.4. The molecule has 0 saturated carbocycles. The van der Waals surface area contributed by atoms with E-state index in [1.807, 2.05) is 60.1 Å². The highest BCUT2D eigenvalue weighted by molar-refractivity contribution is 8.00. The second kappa shape index (κ2) is 11.6. The highest BCUT2D eigenvalue weighted by Crippen LogP contribution is 2.49. The SMILES string of the molecule is COCCNC(=O)CN1C(=O)CS[C@@H](c2cccs2)c2c(-c3ccccc3)nn(-c3ccc(C)cc3C)c21. The third kappa shape index (κ3) is 5.27. The fourth-order valence-corrected chi connectivity index (χ4v) is 6.87. The number of carbonyl (C=O) groups excluding carboxylic acids is 2. The average molecular weight is 547 g/mol. The summed E-state index contributed by atoms with van der Waals surface area (Å²) in [5, 5.41) is 9.97. The predicted octanol–water partition coefficient (Wildman–Crippen LogP) is 5.15. The number of nitrogens with zero attached hydrogens (tertiary/aromatic N) is 3. The lowest BCUT2D eigenvalue weighted by molar-refractivity contribution is -0.123. The van der Waals surface area contributed by atoms with Crippen molar-refractivity contribution in [1.82, 2.24) is 15.1 Å². The van der Waals surface area contributed by atoms with Gasteiger partial charge in [-0.3, -0.25) is 14.5 Å². The second-order valence-electron chi connectivity index (χ2n) is 9.18. The predicted molar refractivity (Wildman–Crippen MR) is 154 cm³/mol. The molecular formula is C29H30N4O3S2. The number of carbonyl (C=O) groups is 2. The van der Waals surface area contributed by atoms with Gasteiger partial charge in [-0.1, -0.05) is 54.1 Å². The van der Waals surface area contributed by atoms with E-state index in [0.29, 0.717) is 19.0 Å². The summed E-state index contributed by atoms with van der Waals surface area (Å²) in [6.07, 6.45) is 0. The molecule has 2 amide bonds. The van der Waals surface area contributed by atoms with Crippen LogP contribution in [0.1, 0.15) is 26.8 Å². The standard InChI is InChI=1S/C29H30N4O3S2/c1-19-11-12-22(20(2)16-19)33-29-26(27(31-33)21-8-5-4-6-9-21)28(23-10-7-15-37-23)38-18-25(35)32(29)17-24(34)30-13-14-36-3/h4-12,15-16,28H,13-14,17-18H2,1-3H3,(H,30,34)/t28-/m0/s1. The number of thiophene rings is 1. The van der Waals surface area contributed by atoms with Crippen molar-refractivity contribution in [3.63, 3.8) is 0 Å². The van der Waals surface area contributed by atoms with E-state index in [1.54, 1.807) is 35.1 Å². The van der Waals surface area contributed by atoms with Gasteiger partial charge in [0.2, 0.25) is 11.8 Å². The number of aryl methyl sites for hydroxylation is 2. The summed E-state index contributed by atoms with van der Waals surface area (Å²) in [5.41, 5.74) is 5.78. The average Bonchev–Trinajstić information content (AvgIpc) is 3.55. The van der Waals surface area contributed by atoms with E-state index in [-0.39, 0.29) is 29.4 Å².